The average molecular weight is 231 g/mol. The summed E-state index contributed by atoms with van der Waals surface area (Å²) in [6, 6.07) is 0. The van der Waals surface area contributed by atoms with Crippen LogP contribution >= 0.6 is 0 Å². The molecule has 0 fully saturated rings. The van der Waals surface area contributed by atoms with Crippen LogP contribution in [-0.4, -0.2) is 35.9 Å². The van der Waals surface area contributed by atoms with Crippen LogP contribution in [-0.2, 0) is 9.53 Å². The van der Waals surface area contributed by atoms with Crippen molar-refractivity contribution in [2.24, 2.45) is 5.92 Å². The van der Waals surface area contributed by atoms with Crippen LogP contribution < -0.4 is 5.32 Å². The molecular formula is C12H25NO3. The van der Waals surface area contributed by atoms with Crippen LogP contribution in [0.15, 0.2) is 0 Å². The summed E-state index contributed by atoms with van der Waals surface area (Å²) in [7, 11) is 0. The molecule has 0 aliphatic rings. The Labute approximate surface area is 98.4 Å². The summed E-state index contributed by atoms with van der Waals surface area (Å²) in [6.07, 6.45) is 0.225. The van der Waals surface area contributed by atoms with E-state index in [0.717, 1.165) is 0 Å². The van der Waals surface area contributed by atoms with E-state index in [9.17, 15) is 9.90 Å². The Morgan fingerprint density at radius 1 is 1.38 bits per heavy atom. The van der Waals surface area contributed by atoms with Gasteiger partial charge in [-0.2, -0.15) is 0 Å². The molecule has 16 heavy (non-hydrogen) atoms. The Morgan fingerprint density at radius 3 is 2.38 bits per heavy atom. The van der Waals surface area contributed by atoms with Gasteiger partial charge in [0.25, 0.3) is 0 Å². The van der Waals surface area contributed by atoms with Crippen LogP contribution in [0.2, 0.25) is 0 Å². The van der Waals surface area contributed by atoms with Crippen LogP contribution in [0.5, 0.6) is 0 Å². The van der Waals surface area contributed by atoms with Crippen molar-refractivity contribution in [2.75, 3.05) is 13.2 Å². The first-order valence-electron chi connectivity index (χ1n) is 5.81. The van der Waals surface area contributed by atoms with Crippen molar-refractivity contribution >= 4 is 5.91 Å². The molecule has 1 amide bonds. The maximum absolute atomic E-state index is 11.3. The predicted molar refractivity (Wildman–Crippen MR) is 64.2 cm³/mol. The van der Waals surface area contributed by atoms with E-state index < -0.39 is 0 Å². The topological polar surface area (TPSA) is 58.6 Å². The van der Waals surface area contributed by atoms with Gasteiger partial charge in [-0.25, -0.2) is 0 Å². The number of amides is 1. The quantitative estimate of drug-likeness (QED) is 0.725. The van der Waals surface area contributed by atoms with E-state index in [1.54, 1.807) is 0 Å². The minimum Gasteiger partial charge on any atom is -0.393 e. The molecule has 0 aliphatic heterocycles. The fourth-order valence-electron chi connectivity index (χ4n) is 1.03. The number of carbonyl (C=O) groups is 1. The van der Waals surface area contributed by atoms with E-state index in [4.69, 9.17) is 4.74 Å². The third-order valence-corrected chi connectivity index (χ3v) is 2.17. The average Bonchev–Trinajstić information content (AvgIpc) is 2.13. The molecule has 1 unspecified atom stereocenters. The van der Waals surface area contributed by atoms with Crippen molar-refractivity contribution in [1.82, 2.24) is 5.32 Å². The molecule has 2 N–H and O–H groups in total. The molecule has 4 heteroatoms. The Morgan fingerprint density at radius 2 is 1.94 bits per heavy atom. The zero-order valence-electron chi connectivity index (χ0n) is 11.0. The van der Waals surface area contributed by atoms with Crippen molar-refractivity contribution < 1.29 is 14.6 Å². The number of aliphatic hydroxyl groups excluding tert-OH is 1. The van der Waals surface area contributed by atoms with Crippen LogP contribution in [0.3, 0.4) is 0 Å². The minimum absolute atomic E-state index is 0.0707. The van der Waals surface area contributed by atoms with Gasteiger partial charge in [-0.3, -0.25) is 4.79 Å². The summed E-state index contributed by atoms with van der Waals surface area (Å²) in [5.74, 6) is 0.0913. The summed E-state index contributed by atoms with van der Waals surface area (Å²) in [6.45, 7) is 10.2. The molecular weight excluding hydrogens is 206 g/mol. The second-order valence-electron chi connectivity index (χ2n) is 5.35. The monoisotopic (exact) mass is 231 g/mol. The maximum Gasteiger partial charge on any atom is 0.246 e. The smallest absolute Gasteiger partial charge is 0.246 e. The first-order chi connectivity index (χ1) is 7.22. The molecule has 0 rings (SSSR count). The molecule has 0 aromatic heterocycles. The van der Waals surface area contributed by atoms with Gasteiger partial charge in [0, 0.05) is 6.54 Å². The SMILES string of the molecule is CC(C)C(O)CCNC(=O)COC(C)(C)C. The van der Waals surface area contributed by atoms with E-state index in [1.807, 2.05) is 34.6 Å². The molecule has 0 radical (unpaired) electrons. The molecule has 1 atom stereocenters. The highest BCUT2D eigenvalue weighted by molar-refractivity contribution is 5.77. The molecule has 96 valence electrons. The van der Waals surface area contributed by atoms with Gasteiger partial charge in [-0.05, 0) is 33.1 Å². The molecule has 0 spiro atoms. The van der Waals surface area contributed by atoms with Crippen LogP contribution in [0, 0.1) is 5.92 Å². The molecule has 0 aliphatic carbocycles. The fraction of sp³-hybridized carbons (Fsp3) is 0.917. The fourth-order valence-corrected chi connectivity index (χ4v) is 1.03. The second-order valence-corrected chi connectivity index (χ2v) is 5.35. The zero-order chi connectivity index (χ0) is 12.8. The van der Waals surface area contributed by atoms with Gasteiger partial charge >= 0.3 is 0 Å². The van der Waals surface area contributed by atoms with Gasteiger partial charge < -0.3 is 15.2 Å². The summed E-state index contributed by atoms with van der Waals surface area (Å²) in [5, 5.41) is 12.2. The lowest BCUT2D eigenvalue weighted by molar-refractivity contribution is -0.130. The number of aliphatic hydroxyl groups is 1. The minimum atomic E-state index is -0.358. The normalized spacial score (nSPS) is 13.9. The molecule has 0 heterocycles. The van der Waals surface area contributed by atoms with Gasteiger partial charge in [0.05, 0.1) is 11.7 Å². The lowest BCUT2D eigenvalue weighted by atomic mass is 10.0. The number of ether oxygens (including phenoxy) is 1. The molecule has 0 saturated heterocycles. The van der Waals surface area contributed by atoms with Crippen LogP contribution in [0.1, 0.15) is 41.0 Å². The first-order valence-corrected chi connectivity index (χ1v) is 5.81. The summed E-state index contributed by atoms with van der Waals surface area (Å²) in [5.41, 5.74) is -0.297. The number of nitrogens with one attached hydrogen (secondary N) is 1. The van der Waals surface area contributed by atoms with E-state index in [-0.39, 0.29) is 30.1 Å². The van der Waals surface area contributed by atoms with E-state index in [2.05, 4.69) is 5.32 Å². The second kappa shape index (κ2) is 6.86. The van der Waals surface area contributed by atoms with Gasteiger partial charge in [0.15, 0.2) is 0 Å². The zero-order valence-corrected chi connectivity index (χ0v) is 11.0. The van der Waals surface area contributed by atoms with Crippen LogP contribution in [0.25, 0.3) is 0 Å². The van der Waals surface area contributed by atoms with Crippen molar-refractivity contribution in [3.63, 3.8) is 0 Å². The largest absolute Gasteiger partial charge is 0.393 e. The third kappa shape index (κ3) is 8.68. The van der Waals surface area contributed by atoms with Gasteiger partial charge in [-0.1, -0.05) is 13.8 Å². The lowest BCUT2D eigenvalue weighted by Gasteiger charge is -2.19. The number of hydrogen-bond acceptors (Lipinski definition) is 3. The Balaban J connectivity index is 3.59. The predicted octanol–water partition coefficient (Wildman–Crippen LogP) is 1.32. The number of carbonyl (C=O) groups excluding carboxylic acids is 1. The molecule has 0 aromatic rings. The highest BCUT2D eigenvalue weighted by Crippen LogP contribution is 2.06. The summed E-state index contributed by atoms with van der Waals surface area (Å²) in [4.78, 5) is 11.3. The Hall–Kier alpha value is -0.610. The van der Waals surface area contributed by atoms with E-state index in [0.29, 0.717) is 13.0 Å². The maximum atomic E-state index is 11.3. The van der Waals surface area contributed by atoms with E-state index in [1.165, 1.54) is 0 Å². The van der Waals surface area contributed by atoms with Crippen LogP contribution in [0.4, 0.5) is 0 Å². The van der Waals surface area contributed by atoms with Crippen molar-refractivity contribution in [3.8, 4) is 0 Å². The molecule has 0 aromatic carbocycles. The highest BCUT2D eigenvalue weighted by atomic mass is 16.5. The summed E-state index contributed by atoms with van der Waals surface area (Å²) >= 11 is 0. The van der Waals surface area contributed by atoms with Gasteiger partial charge in [-0.15, -0.1) is 0 Å². The van der Waals surface area contributed by atoms with Crippen molar-refractivity contribution in [2.45, 2.75) is 52.7 Å². The van der Waals surface area contributed by atoms with Crippen molar-refractivity contribution in [1.29, 1.82) is 0 Å². The standard InChI is InChI=1S/C12H25NO3/c1-9(2)10(14)6-7-13-11(15)8-16-12(3,4)5/h9-10,14H,6-8H2,1-5H3,(H,13,15). The highest BCUT2D eigenvalue weighted by Gasteiger charge is 2.13. The lowest BCUT2D eigenvalue weighted by Crippen LogP contribution is -2.34. The molecule has 4 nitrogen and oxygen atoms in total. The third-order valence-electron chi connectivity index (χ3n) is 2.17. The van der Waals surface area contributed by atoms with Gasteiger partial charge in [0.2, 0.25) is 5.91 Å². The summed E-state index contributed by atoms with van der Waals surface area (Å²) < 4.78 is 5.32. The Kier molecular flexibility index (Phi) is 6.60. The van der Waals surface area contributed by atoms with Crippen molar-refractivity contribution in [3.05, 3.63) is 0 Å². The van der Waals surface area contributed by atoms with Gasteiger partial charge in [0.1, 0.15) is 6.61 Å². The molecule has 0 saturated carbocycles. The number of hydrogen-bond donors (Lipinski definition) is 2. The molecule has 0 bridgehead atoms. The van der Waals surface area contributed by atoms with E-state index >= 15 is 0 Å². The first kappa shape index (κ1) is 15.4. The Bertz CT molecular complexity index is 209. The number of rotatable bonds is 6.